The molecule has 4 rings (SSSR count). The summed E-state index contributed by atoms with van der Waals surface area (Å²) in [7, 11) is 0. The summed E-state index contributed by atoms with van der Waals surface area (Å²) >= 11 is 0. The van der Waals surface area contributed by atoms with Crippen LogP contribution in [-0.4, -0.2) is 47.0 Å². The van der Waals surface area contributed by atoms with Crippen molar-refractivity contribution in [1.29, 1.82) is 0 Å². The lowest BCUT2D eigenvalue weighted by Gasteiger charge is -2.28. The molecule has 2 aromatic heterocycles. The third kappa shape index (κ3) is 4.17. The van der Waals surface area contributed by atoms with E-state index in [0.29, 0.717) is 43.1 Å². The average molecular weight is 465 g/mol. The molecule has 0 aliphatic carbocycles. The van der Waals surface area contributed by atoms with Gasteiger partial charge >= 0.3 is 6.18 Å². The van der Waals surface area contributed by atoms with Gasteiger partial charge in [-0.25, -0.2) is 15.0 Å². The van der Waals surface area contributed by atoms with Crippen LogP contribution in [0.3, 0.4) is 0 Å². The lowest BCUT2D eigenvalue weighted by Crippen LogP contribution is -2.44. The molecule has 164 valence electrons. The van der Waals surface area contributed by atoms with E-state index in [2.05, 4.69) is 25.6 Å². The number of nitrogens with one attached hydrogen (secondary N) is 2. The van der Waals surface area contributed by atoms with E-state index in [4.69, 9.17) is 0 Å². The van der Waals surface area contributed by atoms with Crippen molar-refractivity contribution < 1.29 is 18.0 Å². The molecule has 2 N–H and O–H groups in total. The number of pyridine rings is 1. The summed E-state index contributed by atoms with van der Waals surface area (Å²) < 4.78 is 40.6. The van der Waals surface area contributed by atoms with E-state index in [1.165, 1.54) is 6.20 Å². The minimum absolute atomic E-state index is 0. The Morgan fingerprint density at radius 3 is 2.43 bits per heavy atom. The van der Waals surface area contributed by atoms with Gasteiger partial charge in [0.05, 0.1) is 11.1 Å². The SMILES string of the molecule is CC1(C)C(=O)Nc2nccc(-c3cc(C(F)(F)F)nc(N4CCNCC4)n3)c21.Cl.Cl. The number of nitrogens with zero attached hydrogens (tertiary/aromatic N) is 4. The topological polar surface area (TPSA) is 83.0 Å². The first kappa shape index (κ1) is 24.1. The minimum atomic E-state index is -4.61. The zero-order valence-corrected chi connectivity index (χ0v) is 17.8. The van der Waals surface area contributed by atoms with Crippen LogP contribution in [0.4, 0.5) is 24.9 Å². The van der Waals surface area contributed by atoms with Gasteiger partial charge < -0.3 is 15.5 Å². The molecule has 0 aromatic carbocycles. The summed E-state index contributed by atoms with van der Waals surface area (Å²) in [5.41, 5.74) is -0.834. The number of aromatic nitrogens is 3. The molecule has 2 aliphatic rings. The molecular formula is C18H21Cl2F3N6O. The van der Waals surface area contributed by atoms with Crippen molar-refractivity contribution in [3.63, 3.8) is 0 Å². The summed E-state index contributed by atoms with van der Waals surface area (Å²) in [6, 6.07) is 2.52. The molecule has 1 fully saturated rings. The van der Waals surface area contributed by atoms with Crippen LogP contribution in [0, 0.1) is 0 Å². The predicted molar refractivity (Wildman–Crippen MR) is 111 cm³/mol. The van der Waals surface area contributed by atoms with Crippen molar-refractivity contribution in [3.05, 3.63) is 29.6 Å². The fourth-order valence-corrected chi connectivity index (χ4v) is 3.50. The number of fused-ring (bicyclic) bond motifs is 1. The molecule has 12 heteroatoms. The quantitative estimate of drug-likeness (QED) is 0.710. The molecule has 0 radical (unpaired) electrons. The highest BCUT2D eigenvalue weighted by molar-refractivity contribution is 6.06. The van der Waals surface area contributed by atoms with Crippen LogP contribution in [0.1, 0.15) is 25.1 Å². The number of hydrogen-bond donors (Lipinski definition) is 2. The van der Waals surface area contributed by atoms with E-state index >= 15 is 0 Å². The molecule has 30 heavy (non-hydrogen) atoms. The van der Waals surface area contributed by atoms with E-state index in [1.807, 2.05) is 0 Å². The highest BCUT2D eigenvalue weighted by Gasteiger charge is 2.42. The van der Waals surface area contributed by atoms with Crippen LogP contribution in [-0.2, 0) is 16.4 Å². The first-order valence-corrected chi connectivity index (χ1v) is 8.91. The van der Waals surface area contributed by atoms with Crippen molar-refractivity contribution in [2.75, 3.05) is 36.4 Å². The number of alkyl halides is 3. The molecule has 2 aliphatic heterocycles. The largest absolute Gasteiger partial charge is 0.433 e. The van der Waals surface area contributed by atoms with Gasteiger partial charge in [-0.1, -0.05) is 0 Å². The molecule has 1 saturated heterocycles. The Kier molecular flexibility index (Phi) is 6.85. The van der Waals surface area contributed by atoms with Gasteiger partial charge in [-0.2, -0.15) is 13.2 Å². The van der Waals surface area contributed by atoms with E-state index in [-0.39, 0.29) is 42.4 Å². The lowest BCUT2D eigenvalue weighted by atomic mass is 9.83. The summed E-state index contributed by atoms with van der Waals surface area (Å²) in [5.74, 6) is 0.130. The van der Waals surface area contributed by atoms with Crippen molar-refractivity contribution in [3.8, 4) is 11.3 Å². The number of hydrogen-bond acceptors (Lipinski definition) is 6. The summed E-state index contributed by atoms with van der Waals surface area (Å²) in [6.45, 7) is 5.74. The van der Waals surface area contributed by atoms with Gasteiger partial charge in [0.2, 0.25) is 11.9 Å². The minimum Gasteiger partial charge on any atom is -0.338 e. The molecule has 4 heterocycles. The lowest BCUT2D eigenvalue weighted by molar-refractivity contribution is -0.141. The zero-order chi connectivity index (χ0) is 20.1. The van der Waals surface area contributed by atoms with Gasteiger partial charge in [-0.3, -0.25) is 4.79 Å². The Labute approximate surface area is 183 Å². The molecule has 0 bridgehead atoms. The zero-order valence-electron chi connectivity index (χ0n) is 16.2. The smallest absolute Gasteiger partial charge is 0.338 e. The van der Waals surface area contributed by atoms with Crippen molar-refractivity contribution >= 4 is 42.5 Å². The molecular weight excluding hydrogens is 444 g/mol. The Hall–Kier alpha value is -2.17. The molecule has 7 nitrogen and oxygen atoms in total. The Balaban J connectivity index is 0.00000160. The fourth-order valence-electron chi connectivity index (χ4n) is 3.50. The highest BCUT2D eigenvalue weighted by atomic mass is 35.5. The number of halogens is 5. The normalized spacial score (nSPS) is 17.5. The van der Waals surface area contributed by atoms with E-state index in [0.717, 1.165) is 6.07 Å². The molecule has 0 atom stereocenters. The van der Waals surface area contributed by atoms with Crippen LogP contribution in [0.15, 0.2) is 18.3 Å². The average Bonchev–Trinajstić information content (AvgIpc) is 2.90. The number of piperazine rings is 1. The van der Waals surface area contributed by atoms with Gasteiger partial charge in [0.25, 0.3) is 0 Å². The van der Waals surface area contributed by atoms with Crippen molar-refractivity contribution in [2.24, 2.45) is 0 Å². The monoisotopic (exact) mass is 464 g/mol. The van der Waals surface area contributed by atoms with Gasteiger partial charge in [0, 0.05) is 43.5 Å². The van der Waals surface area contributed by atoms with Gasteiger partial charge in [-0.15, -0.1) is 24.8 Å². The first-order valence-electron chi connectivity index (χ1n) is 8.91. The van der Waals surface area contributed by atoms with Crippen molar-refractivity contribution in [1.82, 2.24) is 20.3 Å². The van der Waals surface area contributed by atoms with E-state index in [1.54, 1.807) is 24.8 Å². The van der Waals surface area contributed by atoms with E-state index < -0.39 is 17.3 Å². The second kappa shape index (κ2) is 8.52. The predicted octanol–water partition coefficient (Wildman–Crippen LogP) is 3.04. The number of carbonyl (C=O) groups is 1. The van der Waals surface area contributed by atoms with Crippen LogP contribution < -0.4 is 15.5 Å². The number of anilines is 2. The van der Waals surface area contributed by atoms with Gasteiger partial charge in [-0.05, 0) is 26.0 Å². The van der Waals surface area contributed by atoms with Crippen LogP contribution in [0.2, 0.25) is 0 Å². The standard InChI is InChI=1S/C18H19F3N6O.2ClH/c1-17(2)13-10(3-4-23-14(13)26-15(17)28)11-9-12(18(19,20)21)25-16(24-11)27-7-5-22-6-8-27;;/h3-4,9,22H,5-8H2,1-2H3,(H,23,26,28);2*1H. The van der Waals surface area contributed by atoms with Crippen LogP contribution in [0.25, 0.3) is 11.3 Å². The second-order valence-corrected chi connectivity index (χ2v) is 7.33. The third-order valence-corrected chi connectivity index (χ3v) is 5.06. The number of amides is 1. The van der Waals surface area contributed by atoms with Gasteiger partial charge in [0.1, 0.15) is 5.82 Å². The summed E-state index contributed by atoms with van der Waals surface area (Å²) in [6.07, 6.45) is -3.16. The molecule has 0 spiro atoms. The maximum absolute atomic E-state index is 13.5. The van der Waals surface area contributed by atoms with Crippen LogP contribution in [0.5, 0.6) is 0 Å². The van der Waals surface area contributed by atoms with Crippen LogP contribution >= 0.6 is 24.8 Å². The van der Waals surface area contributed by atoms with Crippen molar-refractivity contribution in [2.45, 2.75) is 25.4 Å². The molecule has 0 saturated carbocycles. The third-order valence-electron chi connectivity index (χ3n) is 5.06. The first-order chi connectivity index (χ1) is 13.2. The Morgan fingerprint density at radius 1 is 1.13 bits per heavy atom. The molecule has 2 aromatic rings. The van der Waals surface area contributed by atoms with Gasteiger partial charge in [0.15, 0.2) is 5.69 Å². The maximum Gasteiger partial charge on any atom is 0.433 e. The second-order valence-electron chi connectivity index (χ2n) is 7.33. The highest BCUT2D eigenvalue weighted by Crippen LogP contribution is 2.42. The molecule has 1 amide bonds. The molecule has 0 unspecified atom stereocenters. The van der Waals surface area contributed by atoms with E-state index in [9.17, 15) is 18.0 Å². The summed E-state index contributed by atoms with van der Waals surface area (Å²) in [5, 5.41) is 5.84. The Morgan fingerprint density at radius 2 is 1.80 bits per heavy atom. The Bertz CT molecular complexity index is 948. The number of rotatable bonds is 2. The summed E-state index contributed by atoms with van der Waals surface area (Å²) in [4.78, 5) is 26.4. The fraction of sp³-hybridized carbons (Fsp3) is 0.444. The number of carbonyl (C=O) groups excluding carboxylic acids is 1. The maximum atomic E-state index is 13.5.